The fraction of sp³-hybridized carbons (Fsp3) is 0.286. The van der Waals surface area contributed by atoms with E-state index >= 15 is 0 Å². The molecule has 1 saturated carbocycles. The van der Waals surface area contributed by atoms with Crippen molar-refractivity contribution < 1.29 is 13.9 Å². The lowest BCUT2D eigenvalue weighted by Gasteiger charge is -2.44. The van der Waals surface area contributed by atoms with Gasteiger partial charge in [0.1, 0.15) is 17.8 Å². The van der Waals surface area contributed by atoms with Gasteiger partial charge < -0.3 is 10.4 Å². The highest BCUT2D eigenvalue weighted by Crippen LogP contribution is 2.45. The van der Waals surface area contributed by atoms with Crippen LogP contribution in [0.25, 0.3) is 11.3 Å². The van der Waals surface area contributed by atoms with Crippen molar-refractivity contribution >= 4 is 5.82 Å². The van der Waals surface area contributed by atoms with Gasteiger partial charge in [-0.05, 0) is 48.7 Å². The van der Waals surface area contributed by atoms with Crippen molar-refractivity contribution in [2.75, 3.05) is 11.9 Å². The van der Waals surface area contributed by atoms with Gasteiger partial charge in [0.2, 0.25) is 0 Å². The lowest BCUT2D eigenvalue weighted by molar-refractivity contribution is 0.0964. The van der Waals surface area contributed by atoms with Gasteiger partial charge in [-0.2, -0.15) is 0 Å². The summed E-state index contributed by atoms with van der Waals surface area (Å²) in [6.07, 6.45) is 1.04. The predicted molar refractivity (Wildman–Crippen MR) is 102 cm³/mol. The van der Waals surface area contributed by atoms with E-state index in [2.05, 4.69) is 20.5 Å². The minimum Gasteiger partial charge on any atom is -0.392 e. The summed E-state index contributed by atoms with van der Waals surface area (Å²) in [7, 11) is 0. The minimum absolute atomic E-state index is 0.0391. The van der Waals surface area contributed by atoms with Crippen LogP contribution >= 0.6 is 0 Å². The van der Waals surface area contributed by atoms with Gasteiger partial charge in [0.05, 0.1) is 18.0 Å². The van der Waals surface area contributed by atoms with E-state index in [0.29, 0.717) is 23.8 Å². The molecule has 0 spiro atoms. The molecule has 1 fully saturated rings. The van der Waals surface area contributed by atoms with Gasteiger partial charge in [-0.1, -0.05) is 18.2 Å². The van der Waals surface area contributed by atoms with Crippen LogP contribution in [0.1, 0.15) is 24.1 Å². The first-order valence-corrected chi connectivity index (χ1v) is 9.12. The lowest BCUT2D eigenvalue weighted by atomic mass is 9.65. The van der Waals surface area contributed by atoms with Gasteiger partial charge in [-0.25, -0.2) is 8.78 Å². The van der Waals surface area contributed by atoms with E-state index < -0.39 is 17.4 Å². The number of nitrogens with one attached hydrogen (secondary N) is 1. The zero-order valence-electron chi connectivity index (χ0n) is 15.1. The molecule has 0 radical (unpaired) electrons. The highest BCUT2D eigenvalue weighted by Gasteiger charge is 2.48. The highest BCUT2D eigenvalue weighted by atomic mass is 19.1. The first-order valence-electron chi connectivity index (χ1n) is 9.12. The predicted octanol–water partition coefficient (Wildman–Crippen LogP) is 3.65. The van der Waals surface area contributed by atoms with Crippen molar-refractivity contribution in [1.29, 1.82) is 0 Å². The summed E-state index contributed by atoms with van der Waals surface area (Å²) in [6.45, 7) is 0.290. The lowest BCUT2D eigenvalue weighted by Crippen LogP contribution is -2.49. The smallest absolute Gasteiger partial charge is 0.148 e. The van der Waals surface area contributed by atoms with Gasteiger partial charge >= 0.3 is 0 Å². The Hall–Kier alpha value is -2.93. The molecule has 3 aromatic rings. The third kappa shape index (κ3) is 3.57. The molecule has 0 saturated heterocycles. The van der Waals surface area contributed by atoms with Gasteiger partial charge in [0, 0.05) is 23.7 Å². The number of halogens is 2. The summed E-state index contributed by atoms with van der Waals surface area (Å²) < 4.78 is 27.8. The Morgan fingerprint density at radius 3 is 2.64 bits per heavy atom. The molecule has 28 heavy (non-hydrogen) atoms. The molecule has 0 amide bonds. The summed E-state index contributed by atoms with van der Waals surface area (Å²) in [5.41, 5.74) is 1.95. The molecule has 2 N–H and O–H groups in total. The fourth-order valence-corrected chi connectivity index (χ4v) is 3.65. The second-order valence-corrected chi connectivity index (χ2v) is 7.14. The Kier molecular flexibility index (Phi) is 5.00. The number of rotatable bonds is 6. The van der Waals surface area contributed by atoms with Crippen molar-refractivity contribution in [3.8, 4) is 11.3 Å². The van der Waals surface area contributed by atoms with Crippen LogP contribution in [0, 0.1) is 5.82 Å². The zero-order valence-corrected chi connectivity index (χ0v) is 15.1. The summed E-state index contributed by atoms with van der Waals surface area (Å²) in [4.78, 5) is 4.15. The van der Waals surface area contributed by atoms with Gasteiger partial charge in [-0.15, -0.1) is 10.2 Å². The van der Waals surface area contributed by atoms with Crippen LogP contribution in [0.3, 0.4) is 0 Å². The van der Waals surface area contributed by atoms with Crippen LogP contribution in [0.15, 0.2) is 54.7 Å². The normalized spacial score (nSPS) is 21.2. The van der Waals surface area contributed by atoms with Gasteiger partial charge in [0.15, 0.2) is 0 Å². The molecule has 5 nitrogen and oxygen atoms in total. The number of aliphatic hydroxyl groups is 1. The van der Waals surface area contributed by atoms with Gasteiger partial charge in [-0.3, -0.25) is 4.98 Å². The number of alkyl halides is 1. The Balaban J connectivity index is 1.49. The van der Waals surface area contributed by atoms with Crippen LogP contribution < -0.4 is 5.32 Å². The van der Waals surface area contributed by atoms with E-state index in [1.54, 1.807) is 6.07 Å². The van der Waals surface area contributed by atoms with E-state index in [-0.39, 0.29) is 19.4 Å². The first kappa shape index (κ1) is 18.4. The molecule has 7 heteroatoms. The molecule has 4 rings (SSSR count). The van der Waals surface area contributed by atoms with Crippen molar-refractivity contribution in [2.45, 2.75) is 31.0 Å². The molecule has 0 unspecified atom stereocenters. The summed E-state index contributed by atoms with van der Waals surface area (Å²) >= 11 is 0. The fourth-order valence-electron chi connectivity index (χ4n) is 3.65. The molecule has 1 aliphatic rings. The highest BCUT2D eigenvalue weighted by molar-refractivity contribution is 5.60. The average molecular weight is 382 g/mol. The minimum atomic E-state index is -0.949. The Labute approximate surface area is 161 Å². The number of aliphatic hydroxyl groups excluding tert-OH is 1. The Morgan fingerprint density at radius 1 is 1.11 bits per heavy atom. The maximum Gasteiger partial charge on any atom is 0.148 e. The van der Waals surface area contributed by atoms with Crippen molar-refractivity contribution in [2.24, 2.45) is 0 Å². The number of nitrogens with zero attached hydrogens (tertiary/aromatic N) is 3. The van der Waals surface area contributed by atoms with E-state index in [9.17, 15) is 13.9 Å². The monoisotopic (exact) mass is 382 g/mol. The number of aromatic nitrogens is 3. The molecule has 0 bridgehead atoms. The van der Waals surface area contributed by atoms with E-state index in [1.165, 1.54) is 18.3 Å². The van der Waals surface area contributed by atoms with E-state index in [1.807, 2.05) is 30.3 Å². The molecule has 1 aromatic carbocycles. The molecule has 0 atom stereocenters. The van der Waals surface area contributed by atoms with Gasteiger partial charge in [0.25, 0.3) is 0 Å². The van der Waals surface area contributed by atoms with E-state index in [0.717, 1.165) is 11.1 Å². The zero-order chi connectivity index (χ0) is 19.6. The molecule has 1 aliphatic carbocycles. The molecular weight excluding hydrogens is 362 g/mol. The maximum atomic E-state index is 14.2. The second-order valence-electron chi connectivity index (χ2n) is 7.14. The maximum absolute atomic E-state index is 14.2. The Bertz CT molecular complexity index is 959. The SMILES string of the molecule is OCc1cccc(-c2ccc(NCC3(c4ncccc4F)CC(F)C3)nn2)c1. The largest absolute Gasteiger partial charge is 0.392 e. The standard InChI is InChI=1S/C21H20F2N4O/c22-16-10-21(11-16,20-17(23)5-2-8-24-20)13-25-19-7-6-18(26-27-19)15-4-1-3-14(9-15)12-28/h1-9,16,28H,10-13H2,(H,25,27). The average Bonchev–Trinajstić information content (AvgIpc) is 2.71. The quantitative estimate of drug-likeness (QED) is 0.681. The third-order valence-electron chi connectivity index (χ3n) is 5.16. The first-order chi connectivity index (χ1) is 13.6. The molecule has 0 aliphatic heterocycles. The number of hydrogen-bond donors (Lipinski definition) is 2. The van der Waals surface area contributed by atoms with Crippen molar-refractivity contribution in [1.82, 2.24) is 15.2 Å². The summed E-state index contributed by atoms with van der Waals surface area (Å²) in [5, 5.41) is 20.8. The van der Waals surface area contributed by atoms with Crippen LogP contribution in [0.2, 0.25) is 0 Å². The second kappa shape index (κ2) is 7.59. The summed E-state index contributed by atoms with van der Waals surface area (Å²) in [5.74, 6) is 0.112. The van der Waals surface area contributed by atoms with Crippen molar-refractivity contribution in [3.63, 3.8) is 0 Å². The molecule has 2 heterocycles. The van der Waals surface area contributed by atoms with E-state index in [4.69, 9.17) is 0 Å². The van der Waals surface area contributed by atoms with Crippen LogP contribution in [0.4, 0.5) is 14.6 Å². The molecule has 144 valence electrons. The topological polar surface area (TPSA) is 70.9 Å². The van der Waals surface area contributed by atoms with Crippen LogP contribution in [-0.2, 0) is 12.0 Å². The molecular formula is C21H20F2N4O. The van der Waals surface area contributed by atoms with Crippen LogP contribution in [-0.4, -0.2) is 33.0 Å². The Morgan fingerprint density at radius 2 is 1.96 bits per heavy atom. The van der Waals surface area contributed by atoms with Crippen molar-refractivity contribution in [3.05, 3.63) is 71.8 Å². The number of benzene rings is 1. The number of anilines is 1. The molecule has 2 aromatic heterocycles. The van der Waals surface area contributed by atoms with Crippen LogP contribution in [0.5, 0.6) is 0 Å². The third-order valence-corrected chi connectivity index (χ3v) is 5.16. The number of hydrogen-bond acceptors (Lipinski definition) is 5. The number of pyridine rings is 1. The summed E-state index contributed by atoms with van der Waals surface area (Å²) in [6, 6.07) is 13.9.